The molecular weight excluding hydrogens is 260 g/mol. The number of amides is 1. The van der Waals surface area contributed by atoms with Crippen molar-refractivity contribution in [1.29, 1.82) is 0 Å². The van der Waals surface area contributed by atoms with Gasteiger partial charge in [0.2, 0.25) is 0 Å². The van der Waals surface area contributed by atoms with Crippen LogP contribution in [-0.2, 0) is 0 Å². The molecule has 0 bridgehead atoms. The maximum Gasteiger partial charge on any atom is 0.352 e. The molecule has 0 spiro atoms. The summed E-state index contributed by atoms with van der Waals surface area (Å²) in [5, 5.41) is 19.0. The van der Waals surface area contributed by atoms with Gasteiger partial charge < -0.3 is 20.1 Å². The van der Waals surface area contributed by atoms with E-state index >= 15 is 0 Å². The predicted octanol–water partition coefficient (Wildman–Crippen LogP) is 1.17. The number of carboxylic acid groups (broad SMARTS) is 1. The van der Waals surface area contributed by atoms with Crippen molar-refractivity contribution >= 4 is 11.9 Å². The molecule has 6 heteroatoms. The van der Waals surface area contributed by atoms with Gasteiger partial charge in [-0.1, -0.05) is 6.92 Å². The Kier molecular flexibility index (Phi) is 3.85. The molecule has 1 aliphatic heterocycles. The molecule has 110 valence electrons. The second-order valence-corrected chi connectivity index (χ2v) is 5.51. The topological polar surface area (TPSA) is 93.6 Å². The average Bonchev–Trinajstić information content (AvgIpc) is 2.67. The minimum absolute atomic E-state index is 0.0526. The Bertz CT molecular complexity index is 550. The first-order chi connectivity index (χ1) is 9.32. The van der Waals surface area contributed by atoms with Crippen LogP contribution >= 0.6 is 0 Å². The summed E-state index contributed by atoms with van der Waals surface area (Å²) in [5.74, 6) is -1.10. The molecule has 0 aliphatic carbocycles. The van der Waals surface area contributed by atoms with E-state index in [0.717, 1.165) is 6.42 Å². The van der Waals surface area contributed by atoms with Crippen LogP contribution in [0.25, 0.3) is 0 Å². The Morgan fingerprint density at radius 2 is 2.00 bits per heavy atom. The Morgan fingerprint density at radius 3 is 2.50 bits per heavy atom. The van der Waals surface area contributed by atoms with E-state index in [2.05, 4.69) is 4.98 Å². The fraction of sp³-hybridized carbons (Fsp3) is 0.571. The first kappa shape index (κ1) is 14.6. The Morgan fingerprint density at radius 1 is 1.35 bits per heavy atom. The largest absolute Gasteiger partial charge is 0.477 e. The number of carboxylic acids is 1. The van der Waals surface area contributed by atoms with Gasteiger partial charge in [-0.15, -0.1) is 0 Å². The quantitative estimate of drug-likeness (QED) is 0.758. The summed E-state index contributed by atoms with van der Waals surface area (Å²) in [5.41, 5.74) is 1.46. The first-order valence-electron chi connectivity index (χ1n) is 6.72. The lowest BCUT2D eigenvalue weighted by molar-refractivity contribution is 0.0248. The number of aromatic carboxylic acids is 1. The number of aromatic nitrogens is 1. The fourth-order valence-electron chi connectivity index (χ4n) is 2.68. The van der Waals surface area contributed by atoms with E-state index in [0.29, 0.717) is 29.9 Å². The molecule has 0 aromatic carbocycles. The Hall–Kier alpha value is -1.82. The number of H-pyrrole nitrogens is 1. The lowest BCUT2D eigenvalue weighted by Gasteiger charge is -2.34. The zero-order valence-electron chi connectivity index (χ0n) is 11.9. The number of piperidine rings is 1. The monoisotopic (exact) mass is 280 g/mol. The molecule has 0 radical (unpaired) electrons. The molecule has 2 atom stereocenters. The number of aryl methyl sites for hydroxylation is 1. The molecule has 3 N–H and O–H groups in total. The van der Waals surface area contributed by atoms with Crippen molar-refractivity contribution in [2.45, 2.75) is 33.3 Å². The molecule has 2 rings (SSSR count). The number of nitrogens with one attached hydrogen (secondary N) is 1. The maximum atomic E-state index is 12.5. The van der Waals surface area contributed by atoms with E-state index in [1.807, 2.05) is 6.92 Å². The van der Waals surface area contributed by atoms with Gasteiger partial charge in [0, 0.05) is 18.8 Å². The van der Waals surface area contributed by atoms with Gasteiger partial charge in [-0.2, -0.15) is 0 Å². The standard InChI is InChI=1S/C14H20N2O4/c1-7-4-5-16(6-10(7)17)13(18)11-8(2)12(14(19)20)15-9(11)3/h7,10,15,17H,4-6H2,1-3H3,(H,19,20). The van der Waals surface area contributed by atoms with Crippen LogP contribution in [0.4, 0.5) is 0 Å². The second-order valence-electron chi connectivity index (χ2n) is 5.51. The van der Waals surface area contributed by atoms with Crippen LogP contribution in [0.1, 0.15) is 45.4 Å². The third-order valence-electron chi connectivity index (χ3n) is 4.07. The van der Waals surface area contributed by atoms with Crippen molar-refractivity contribution in [3.63, 3.8) is 0 Å². The SMILES string of the molecule is Cc1[nH]c(C(=O)O)c(C)c1C(=O)N1CCC(C)C(O)C1. The molecule has 2 unspecified atom stereocenters. The number of β-amino-alcohol motifs (C(OH)–C–C–N with tert-alkyl or cyclic N) is 1. The number of aliphatic hydroxyl groups excluding tert-OH is 1. The smallest absolute Gasteiger partial charge is 0.352 e. The molecule has 1 aromatic heterocycles. The predicted molar refractivity (Wildman–Crippen MR) is 72.9 cm³/mol. The number of rotatable bonds is 2. The van der Waals surface area contributed by atoms with E-state index in [-0.39, 0.29) is 17.5 Å². The van der Waals surface area contributed by atoms with Gasteiger partial charge in [0.15, 0.2) is 0 Å². The van der Waals surface area contributed by atoms with Crippen LogP contribution < -0.4 is 0 Å². The lowest BCUT2D eigenvalue weighted by atomic mass is 9.95. The average molecular weight is 280 g/mol. The van der Waals surface area contributed by atoms with Gasteiger partial charge >= 0.3 is 5.97 Å². The maximum absolute atomic E-state index is 12.5. The zero-order chi connectivity index (χ0) is 15.0. The number of hydrogen-bond acceptors (Lipinski definition) is 3. The summed E-state index contributed by atoms with van der Waals surface area (Å²) in [7, 11) is 0. The number of nitrogens with zero attached hydrogens (tertiary/aromatic N) is 1. The van der Waals surface area contributed by atoms with Crippen LogP contribution in [0.5, 0.6) is 0 Å². The van der Waals surface area contributed by atoms with Crippen LogP contribution in [0, 0.1) is 19.8 Å². The number of carbonyl (C=O) groups is 2. The van der Waals surface area contributed by atoms with Crippen LogP contribution in [0.2, 0.25) is 0 Å². The van der Waals surface area contributed by atoms with Gasteiger partial charge in [0.25, 0.3) is 5.91 Å². The molecule has 6 nitrogen and oxygen atoms in total. The van der Waals surface area contributed by atoms with Gasteiger partial charge in [0.05, 0.1) is 11.7 Å². The van der Waals surface area contributed by atoms with Gasteiger partial charge in [0.1, 0.15) is 5.69 Å². The van der Waals surface area contributed by atoms with Crippen molar-refractivity contribution in [2.75, 3.05) is 13.1 Å². The number of hydrogen-bond donors (Lipinski definition) is 3. The number of likely N-dealkylation sites (tertiary alicyclic amines) is 1. The van der Waals surface area contributed by atoms with E-state index in [1.54, 1.807) is 18.7 Å². The number of aromatic amines is 1. The van der Waals surface area contributed by atoms with Gasteiger partial charge in [-0.05, 0) is 31.7 Å². The first-order valence-corrected chi connectivity index (χ1v) is 6.72. The summed E-state index contributed by atoms with van der Waals surface area (Å²) in [6.07, 6.45) is 0.229. The lowest BCUT2D eigenvalue weighted by Crippen LogP contribution is -2.46. The molecule has 1 aromatic rings. The summed E-state index contributed by atoms with van der Waals surface area (Å²) in [6, 6.07) is 0. The molecule has 1 saturated heterocycles. The van der Waals surface area contributed by atoms with Crippen LogP contribution in [0.3, 0.4) is 0 Å². The minimum atomic E-state index is -1.07. The number of aliphatic hydroxyl groups is 1. The van der Waals surface area contributed by atoms with Gasteiger partial charge in [-0.3, -0.25) is 4.79 Å². The highest BCUT2D eigenvalue weighted by molar-refractivity contribution is 6.00. The van der Waals surface area contributed by atoms with E-state index in [4.69, 9.17) is 5.11 Å². The molecule has 20 heavy (non-hydrogen) atoms. The third kappa shape index (κ3) is 2.43. The van der Waals surface area contributed by atoms with Gasteiger partial charge in [-0.25, -0.2) is 4.79 Å². The summed E-state index contributed by atoms with van der Waals surface area (Å²) in [4.78, 5) is 28.0. The molecular formula is C14H20N2O4. The highest BCUT2D eigenvalue weighted by Gasteiger charge is 2.31. The normalized spacial score (nSPS) is 22.9. The molecule has 2 heterocycles. The zero-order valence-corrected chi connectivity index (χ0v) is 11.9. The second kappa shape index (κ2) is 5.28. The van der Waals surface area contributed by atoms with E-state index in [9.17, 15) is 14.7 Å². The molecule has 1 amide bonds. The van der Waals surface area contributed by atoms with Crippen LogP contribution in [0.15, 0.2) is 0 Å². The molecule has 1 fully saturated rings. The highest BCUT2D eigenvalue weighted by Crippen LogP contribution is 2.23. The summed E-state index contributed by atoms with van der Waals surface area (Å²) in [6.45, 7) is 6.16. The van der Waals surface area contributed by atoms with Crippen molar-refractivity contribution in [1.82, 2.24) is 9.88 Å². The van der Waals surface area contributed by atoms with E-state index in [1.165, 1.54) is 0 Å². The molecule has 0 saturated carbocycles. The summed E-state index contributed by atoms with van der Waals surface area (Å²) < 4.78 is 0. The minimum Gasteiger partial charge on any atom is -0.477 e. The molecule has 1 aliphatic rings. The fourth-order valence-corrected chi connectivity index (χ4v) is 2.68. The Balaban J connectivity index is 2.28. The van der Waals surface area contributed by atoms with Crippen molar-refractivity contribution < 1.29 is 19.8 Å². The van der Waals surface area contributed by atoms with E-state index < -0.39 is 12.1 Å². The van der Waals surface area contributed by atoms with Crippen molar-refractivity contribution in [2.24, 2.45) is 5.92 Å². The third-order valence-corrected chi connectivity index (χ3v) is 4.07. The van der Waals surface area contributed by atoms with Crippen LogP contribution in [-0.4, -0.2) is 51.2 Å². The summed E-state index contributed by atoms with van der Waals surface area (Å²) >= 11 is 0. The Labute approximate surface area is 117 Å². The van der Waals surface area contributed by atoms with Crippen molar-refractivity contribution in [3.8, 4) is 0 Å². The highest BCUT2D eigenvalue weighted by atomic mass is 16.4. The van der Waals surface area contributed by atoms with Crippen molar-refractivity contribution in [3.05, 3.63) is 22.5 Å². The number of carbonyl (C=O) groups excluding carboxylic acids is 1.